The van der Waals surface area contributed by atoms with Gasteiger partial charge in [-0.3, -0.25) is 14.5 Å². The summed E-state index contributed by atoms with van der Waals surface area (Å²) in [4.78, 5) is 37.6. The van der Waals surface area contributed by atoms with Crippen LogP contribution in [0.4, 0.5) is 4.79 Å². The van der Waals surface area contributed by atoms with Crippen LogP contribution in [0.5, 0.6) is 5.75 Å². The van der Waals surface area contributed by atoms with Crippen LogP contribution in [0, 0.1) is 0 Å². The lowest BCUT2D eigenvalue weighted by Gasteiger charge is -2.13. The van der Waals surface area contributed by atoms with Crippen molar-refractivity contribution < 1.29 is 19.1 Å². The van der Waals surface area contributed by atoms with Gasteiger partial charge < -0.3 is 9.64 Å². The Morgan fingerprint density at radius 1 is 1.25 bits per heavy atom. The summed E-state index contributed by atoms with van der Waals surface area (Å²) in [5, 5.41) is 0. The number of benzene rings is 1. The Hall–Kier alpha value is -2.37. The fourth-order valence-electron chi connectivity index (χ4n) is 1.96. The van der Waals surface area contributed by atoms with Gasteiger partial charge in [-0.05, 0) is 31.2 Å². The van der Waals surface area contributed by atoms with Gasteiger partial charge in [0.2, 0.25) is 0 Å². The second-order valence-corrected chi connectivity index (χ2v) is 4.50. The number of hydrogen-bond donors (Lipinski definition) is 0. The van der Waals surface area contributed by atoms with Crippen molar-refractivity contribution in [3.63, 3.8) is 0 Å². The number of hydrogen-bond acceptors (Lipinski definition) is 4. The molecule has 0 bridgehead atoms. The number of Topliss-reactive ketones (excluding diaryl/α,β-unsaturated/α-hetero) is 1. The van der Waals surface area contributed by atoms with Gasteiger partial charge in [-0.2, -0.15) is 0 Å². The maximum Gasteiger partial charge on any atom is 0.327 e. The highest BCUT2D eigenvalue weighted by Gasteiger charge is 2.34. The lowest BCUT2D eigenvalue weighted by molar-refractivity contribution is -0.125. The molecular weight excluding hydrogens is 260 g/mol. The lowest BCUT2D eigenvalue weighted by atomic mass is 10.1. The number of ketones is 1. The summed E-state index contributed by atoms with van der Waals surface area (Å²) in [6, 6.07) is 6.20. The number of rotatable bonds is 5. The molecule has 0 aromatic heterocycles. The van der Waals surface area contributed by atoms with E-state index in [9.17, 15) is 14.4 Å². The minimum Gasteiger partial charge on any atom is -0.494 e. The van der Waals surface area contributed by atoms with Crippen LogP contribution in [0.2, 0.25) is 0 Å². The normalized spacial score (nSPS) is 14.9. The highest BCUT2D eigenvalue weighted by molar-refractivity contribution is 6.07. The highest BCUT2D eigenvalue weighted by atomic mass is 16.5. The number of carbonyl (C=O) groups is 3. The van der Waals surface area contributed by atoms with E-state index < -0.39 is 6.03 Å². The van der Waals surface area contributed by atoms with E-state index in [-0.39, 0.29) is 24.8 Å². The number of amides is 3. The zero-order valence-electron chi connectivity index (χ0n) is 11.5. The van der Waals surface area contributed by atoms with E-state index in [1.165, 1.54) is 11.9 Å². The van der Waals surface area contributed by atoms with Crippen LogP contribution >= 0.6 is 0 Å². The molecule has 6 nitrogen and oxygen atoms in total. The molecule has 0 radical (unpaired) electrons. The van der Waals surface area contributed by atoms with Crippen molar-refractivity contribution in [2.75, 3.05) is 26.7 Å². The fraction of sp³-hybridized carbons (Fsp3) is 0.357. The lowest BCUT2D eigenvalue weighted by Crippen LogP contribution is -2.36. The molecule has 0 N–H and O–H groups in total. The summed E-state index contributed by atoms with van der Waals surface area (Å²) in [7, 11) is 1.53. The average Bonchev–Trinajstić information content (AvgIpc) is 2.66. The summed E-state index contributed by atoms with van der Waals surface area (Å²) in [5.41, 5.74) is 0.448. The quantitative estimate of drug-likeness (QED) is 0.598. The number of ether oxygens (including phenoxy) is 1. The number of imide groups is 1. The van der Waals surface area contributed by atoms with Gasteiger partial charge in [-0.15, -0.1) is 0 Å². The maximum absolute atomic E-state index is 12.1. The van der Waals surface area contributed by atoms with Gasteiger partial charge in [0.25, 0.3) is 5.91 Å². The summed E-state index contributed by atoms with van der Waals surface area (Å²) in [6.07, 6.45) is 0. The third kappa shape index (κ3) is 2.79. The Bertz CT molecular complexity index is 539. The fourth-order valence-corrected chi connectivity index (χ4v) is 1.96. The number of urea groups is 1. The number of nitrogens with zero attached hydrogens (tertiary/aromatic N) is 2. The molecule has 0 unspecified atom stereocenters. The standard InChI is InChI=1S/C14H16N2O4/c1-3-20-11-6-4-10(5-7-11)12(17)8-16-13(18)9-15(2)14(16)19/h4-7H,3,8-9H2,1-2H3. The molecule has 2 rings (SSSR count). The molecule has 1 fully saturated rings. The van der Waals surface area contributed by atoms with Crippen LogP contribution in [-0.4, -0.2) is 54.3 Å². The van der Waals surface area contributed by atoms with E-state index in [1.54, 1.807) is 24.3 Å². The van der Waals surface area contributed by atoms with Crippen molar-refractivity contribution in [1.29, 1.82) is 0 Å². The van der Waals surface area contributed by atoms with Crippen LogP contribution in [0.15, 0.2) is 24.3 Å². The van der Waals surface area contributed by atoms with Gasteiger partial charge in [0, 0.05) is 12.6 Å². The molecule has 6 heteroatoms. The molecule has 1 aliphatic rings. The highest BCUT2D eigenvalue weighted by Crippen LogP contribution is 2.14. The van der Waals surface area contributed by atoms with Gasteiger partial charge in [0.15, 0.2) is 5.78 Å². The third-order valence-corrected chi connectivity index (χ3v) is 3.02. The molecule has 106 valence electrons. The minimum atomic E-state index is -0.436. The minimum absolute atomic E-state index is 0.0232. The predicted octanol–water partition coefficient (Wildman–Crippen LogP) is 1.16. The summed E-state index contributed by atoms with van der Waals surface area (Å²) < 4.78 is 5.29. The first kappa shape index (κ1) is 14.0. The molecule has 0 aliphatic carbocycles. The second-order valence-electron chi connectivity index (χ2n) is 4.50. The molecule has 0 spiro atoms. The average molecular weight is 276 g/mol. The SMILES string of the molecule is CCOc1ccc(C(=O)CN2C(=O)CN(C)C2=O)cc1. The van der Waals surface area contributed by atoms with Crippen molar-refractivity contribution in [2.45, 2.75) is 6.92 Å². The molecule has 0 saturated carbocycles. The van der Waals surface area contributed by atoms with Gasteiger partial charge in [0.1, 0.15) is 12.3 Å². The molecule has 1 saturated heterocycles. The smallest absolute Gasteiger partial charge is 0.327 e. The largest absolute Gasteiger partial charge is 0.494 e. The Morgan fingerprint density at radius 3 is 2.40 bits per heavy atom. The van der Waals surface area contributed by atoms with Gasteiger partial charge >= 0.3 is 6.03 Å². The summed E-state index contributed by atoms with van der Waals surface area (Å²) in [5.74, 6) is 0.0546. The van der Waals surface area contributed by atoms with Crippen molar-refractivity contribution in [1.82, 2.24) is 9.80 Å². The van der Waals surface area contributed by atoms with Gasteiger partial charge in [-0.25, -0.2) is 4.79 Å². The molecule has 3 amide bonds. The predicted molar refractivity (Wildman–Crippen MR) is 71.7 cm³/mol. The van der Waals surface area contributed by atoms with Crippen LogP contribution in [0.25, 0.3) is 0 Å². The Balaban J connectivity index is 2.05. The molecular formula is C14H16N2O4. The molecule has 0 atom stereocenters. The third-order valence-electron chi connectivity index (χ3n) is 3.02. The van der Waals surface area contributed by atoms with Crippen LogP contribution in [0.1, 0.15) is 17.3 Å². The first-order valence-electron chi connectivity index (χ1n) is 6.34. The van der Waals surface area contributed by atoms with Crippen molar-refractivity contribution >= 4 is 17.7 Å². The molecule has 1 aliphatic heterocycles. The zero-order valence-corrected chi connectivity index (χ0v) is 11.5. The Kier molecular flexibility index (Phi) is 4.02. The van der Waals surface area contributed by atoms with E-state index in [1.807, 2.05) is 6.92 Å². The Labute approximate surface area is 116 Å². The van der Waals surface area contributed by atoms with Crippen LogP contribution < -0.4 is 4.74 Å². The van der Waals surface area contributed by atoms with Gasteiger partial charge in [-0.1, -0.05) is 0 Å². The van der Waals surface area contributed by atoms with Crippen molar-refractivity contribution in [2.24, 2.45) is 0 Å². The second kappa shape index (κ2) is 5.73. The van der Waals surface area contributed by atoms with Crippen LogP contribution in [-0.2, 0) is 4.79 Å². The molecule has 1 aromatic carbocycles. The number of likely N-dealkylation sites (N-methyl/N-ethyl adjacent to an activating group) is 1. The topological polar surface area (TPSA) is 66.9 Å². The van der Waals surface area contributed by atoms with Gasteiger partial charge in [0.05, 0.1) is 13.2 Å². The summed E-state index contributed by atoms with van der Waals surface area (Å²) in [6.45, 7) is 2.22. The van der Waals surface area contributed by atoms with E-state index >= 15 is 0 Å². The Morgan fingerprint density at radius 2 is 1.90 bits per heavy atom. The first-order chi connectivity index (χ1) is 9.52. The van der Waals surface area contributed by atoms with Crippen molar-refractivity contribution in [3.05, 3.63) is 29.8 Å². The van der Waals surface area contributed by atoms with E-state index in [0.717, 1.165) is 4.90 Å². The van der Waals surface area contributed by atoms with E-state index in [4.69, 9.17) is 4.74 Å². The zero-order chi connectivity index (χ0) is 14.7. The van der Waals surface area contributed by atoms with E-state index in [2.05, 4.69) is 0 Å². The summed E-state index contributed by atoms with van der Waals surface area (Å²) >= 11 is 0. The number of carbonyl (C=O) groups excluding carboxylic acids is 3. The monoisotopic (exact) mass is 276 g/mol. The maximum atomic E-state index is 12.1. The first-order valence-corrected chi connectivity index (χ1v) is 6.34. The van der Waals surface area contributed by atoms with Crippen LogP contribution in [0.3, 0.4) is 0 Å². The van der Waals surface area contributed by atoms with Crippen molar-refractivity contribution in [3.8, 4) is 5.75 Å². The molecule has 1 heterocycles. The van der Waals surface area contributed by atoms with E-state index in [0.29, 0.717) is 17.9 Å². The molecule has 20 heavy (non-hydrogen) atoms. The molecule has 1 aromatic rings.